The number of fused-ring (bicyclic) bond motifs is 1. The van der Waals surface area contributed by atoms with Crippen LogP contribution in [0.25, 0.3) is 0 Å². The molecule has 20 heavy (non-hydrogen) atoms. The predicted octanol–water partition coefficient (Wildman–Crippen LogP) is -0.120. The second kappa shape index (κ2) is 5.85. The Morgan fingerprint density at radius 3 is 2.50 bits per heavy atom. The first-order valence-corrected chi connectivity index (χ1v) is 6.14. The minimum atomic E-state index is -0.528. The van der Waals surface area contributed by atoms with E-state index in [0.29, 0.717) is 11.3 Å². The van der Waals surface area contributed by atoms with E-state index < -0.39 is 4.92 Å². The molecular formula is C12H15N3O5. The Morgan fingerprint density at radius 1 is 1.30 bits per heavy atom. The maximum absolute atomic E-state index is 11.3. The van der Waals surface area contributed by atoms with Crippen molar-refractivity contribution in [2.24, 2.45) is 0 Å². The standard InChI is InChI=1S/C12H15N3O5/c16-3-1-14(2-4-17)10-7-9-8(6-12(18)13-9)5-11(10)15(19)20/h5,7,16-17H,1-4,6H2,(H,13,18). The van der Waals surface area contributed by atoms with E-state index in [1.807, 2.05) is 0 Å². The molecule has 0 aromatic heterocycles. The number of nitrogens with one attached hydrogen (secondary N) is 1. The van der Waals surface area contributed by atoms with Crippen LogP contribution in [-0.4, -0.2) is 47.3 Å². The minimum absolute atomic E-state index is 0.121. The first-order valence-electron chi connectivity index (χ1n) is 6.14. The first kappa shape index (κ1) is 14.2. The molecule has 0 saturated carbocycles. The second-order valence-corrected chi connectivity index (χ2v) is 4.41. The Balaban J connectivity index is 2.47. The average molecular weight is 281 g/mol. The number of benzene rings is 1. The van der Waals surface area contributed by atoms with Gasteiger partial charge in [-0.1, -0.05) is 0 Å². The van der Waals surface area contributed by atoms with Gasteiger partial charge in [0.25, 0.3) is 5.69 Å². The van der Waals surface area contributed by atoms with Crippen molar-refractivity contribution in [1.82, 2.24) is 0 Å². The van der Waals surface area contributed by atoms with Crippen molar-refractivity contribution < 1.29 is 19.9 Å². The molecule has 1 aliphatic rings. The van der Waals surface area contributed by atoms with Gasteiger partial charge in [0.15, 0.2) is 0 Å². The van der Waals surface area contributed by atoms with Crippen LogP contribution in [0, 0.1) is 10.1 Å². The number of amides is 1. The molecule has 108 valence electrons. The number of aliphatic hydroxyl groups is 2. The van der Waals surface area contributed by atoms with E-state index in [4.69, 9.17) is 10.2 Å². The van der Waals surface area contributed by atoms with Crippen LogP contribution in [0.1, 0.15) is 5.56 Å². The van der Waals surface area contributed by atoms with Crippen LogP contribution in [-0.2, 0) is 11.2 Å². The molecule has 1 amide bonds. The van der Waals surface area contributed by atoms with Crippen LogP contribution in [0.2, 0.25) is 0 Å². The van der Waals surface area contributed by atoms with Crippen LogP contribution in [0.4, 0.5) is 17.1 Å². The Morgan fingerprint density at radius 2 is 1.95 bits per heavy atom. The first-order chi connectivity index (χ1) is 9.56. The summed E-state index contributed by atoms with van der Waals surface area (Å²) >= 11 is 0. The van der Waals surface area contributed by atoms with E-state index in [0.717, 1.165) is 0 Å². The molecule has 1 aromatic carbocycles. The summed E-state index contributed by atoms with van der Waals surface area (Å²) in [5.74, 6) is -0.206. The summed E-state index contributed by atoms with van der Waals surface area (Å²) in [6.45, 7) is -0.0660. The number of carbonyl (C=O) groups excluding carboxylic acids is 1. The fourth-order valence-corrected chi connectivity index (χ4v) is 2.24. The molecule has 1 heterocycles. The molecule has 0 fully saturated rings. The van der Waals surface area contributed by atoms with Crippen LogP contribution < -0.4 is 10.2 Å². The van der Waals surface area contributed by atoms with Crippen molar-refractivity contribution in [2.75, 3.05) is 36.5 Å². The number of nitrogens with zero attached hydrogens (tertiary/aromatic N) is 2. The van der Waals surface area contributed by atoms with Gasteiger partial charge in [-0.3, -0.25) is 14.9 Å². The third kappa shape index (κ3) is 2.70. The summed E-state index contributed by atoms with van der Waals surface area (Å²) in [5, 5.41) is 31.8. The van der Waals surface area contributed by atoms with Gasteiger partial charge in [0.05, 0.1) is 24.6 Å². The largest absolute Gasteiger partial charge is 0.395 e. The Bertz CT molecular complexity index is 540. The third-order valence-corrected chi connectivity index (χ3v) is 3.10. The van der Waals surface area contributed by atoms with Gasteiger partial charge < -0.3 is 20.4 Å². The zero-order valence-electron chi connectivity index (χ0n) is 10.7. The summed E-state index contributed by atoms with van der Waals surface area (Å²) in [6.07, 6.45) is 0.121. The molecule has 3 N–H and O–H groups in total. The van der Waals surface area contributed by atoms with Crippen molar-refractivity contribution in [1.29, 1.82) is 0 Å². The number of nitro benzene ring substituents is 1. The molecule has 0 spiro atoms. The molecule has 8 heteroatoms. The summed E-state index contributed by atoms with van der Waals surface area (Å²) in [7, 11) is 0. The number of nitro groups is 1. The highest BCUT2D eigenvalue weighted by atomic mass is 16.6. The van der Waals surface area contributed by atoms with Crippen LogP contribution in [0.5, 0.6) is 0 Å². The zero-order chi connectivity index (χ0) is 14.7. The van der Waals surface area contributed by atoms with E-state index in [-0.39, 0.29) is 50.0 Å². The highest BCUT2D eigenvalue weighted by Crippen LogP contribution is 2.36. The van der Waals surface area contributed by atoms with Gasteiger partial charge in [-0.15, -0.1) is 0 Å². The molecule has 0 atom stereocenters. The van der Waals surface area contributed by atoms with Crippen LogP contribution in [0.15, 0.2) is 12.1 Å². The molecule has 0 aliphatic carbocycles. The molecule has 0 saturated heterocycles. The molecule has 8 nitrogen and oxygen atoms in total. The van der Waals surface area contributed by atoms with E-state index in [9.17, 15) is 14.9 Å². The van der Waals surface area contributed by atoms with E-state index in [1.165, 1.54) is 17.0 Å². The summed E-state index contributed by atoms with van der Waals surface area (Å²) in [5.41, 5.74) is 1.26. The zero-order valence-corrected chi connectivity index (χ0v) is 10.7. The normalized spacial score (nSPS) is 13.0. The van der Waals surface area contributed by atoms with E-state index in [2.05, 4.69) is 5.32 Å². The number of hydrogen-bond acceptors (Lipinski definition) is 6. The molecule has 0 bridgehead atoms. The second-order valence-electron chi connectivity index (χ2n) is 4.41. The number of anilines is 2. The lowest BCUT2D eigenvalue weighted by Crippen LogP contribution is -2.30. The molecule has 2 rings (SSSR count). The third-order valence-electron chi connectivity index (χ3n) is 3.10. The van der Waals surface area contributed by atoms with Gasteiger partial charge >= 0.3 is 0 Å². The van der Waals surface area contributed by atoms with E-state index >= 15 is 0 Å². The van der Waals surface area contributed by atoms with Gasteiger partial charge in [0.2, 0.25) is 5.91 Å². The van der Waals surface area contributed by atoms with Crippen LogP contribution >= 0.6 is 0 Å². The van der Waals surface area contributed by atoms with Gasteiger partial charge in [-0.25, -0.2) is 0 Å². The smallest absolute Gasteiger partial charge is 0.292 e. The summed E-state index contributed by atoms with van der Waals surface area (Å²) in [6, 6.07) is 2.88. The van der Waals surface area contributed by atoms with Crippen LogP contribution in [0.3, 0.4) is 0 Å². The highest BCUT2D eigenvalue weighted by Gasteiger charge is 2.26. The quantitative estimate of drug-likeness (QED) is 0.494. The lowest BCUT2D eigenvalue weighted by molar-refractivity contribution is -0.384. The lowest BCUT2D eigenvalue weighted by atomic mass is 10.1. The Kier molecular flexibility index (Phi) is 4.16. The minimum Gasteiger partial charge on any atom is -0.395 e. The molecular weight excluding hydrogens is 266 g/mol. The predicted molar refractivity (Wildman–Crippen MR) is 71.8 cm³/mol. The summed E-state index contributed by atoms with van der Waals surface area (Å²) < 4.78 is 0. The number of aliphatic hydroxyl groups excluding tert-OH is 2. The Hall–Kier alpha value is -2.19. The SMILES string of the molecule is O=C1Cc2cc([N+](=O)[O-])c(N(CCO)CCO)cc2N1. The molecule has 0 radical (unpaired) electrons. The van der Waals surface area contributed by atoms with Crippen molar-refractivity contribution in [3.63, 3.8) is 0 Å². The van der Waals surface area contributed by atoms with Gasteiger partial charge in [0, 0.05) is 24.8 Å². The number of carbonyl (C=O) groups is 1. The monoisotopic (exact) mass is 281 g/mol. The number of rotatable bonds is 6. The fraction of sp³-hybridized carbons (Fsp3) is 0.417. The maximum Gasteiger partial charge on any atom is 0.292 e. The van der Waals surface area contributed by atoms with Crippen molar-refractivity contribution in [2.45, 2.75) is 6.42 Å². The summed E-state index contributed by atoms with van der Waals surface area (Å²) in [4.78, 5) is 23.5. The van der Waals surface area contributed by atoms with Crippen molar-refractivity contribution in [3.05, 3.63) is 27.8 Å². The topological polar surface area (TPSA) is 116 Å². The average Bonchev–Trinajstić information content (AvgIpc) is 2.76. The Labute approximate surface area is 114 Å². The van der Waals surface area contributed by atoms with Gasteiger partial charge in [-0.05, 0) is 11.6 Å². The lowest BCUT2D eigenvalue weighted by Gasteiger charge is -2.23. The highest BCUT2D eigenvalue weighted by molar-refractivity contribution is 6.00. The molecule has 1 aromatic rings. The van der Waals surface area contributed by atoms with Gasteiger partial charge in [0.1, 0.15) is 5.69 Å². The molecule has 0 unspecified atom stereocenters. The number of hydrogen-bond donors (Lipinski definition) is 3. The molecule has 1 aliphatic heterocycles. The van der Waals surface area contributed by atoms with Crippen molar-refractivity contribution in [3.8, 4) is 0 Å². The van der Waals surface area contributed by atoms with E-state index in [1.54, 1.807) is 0 Å². The maximum atomic E-state index is 11.3. The fourth-order valence-electron chi connectivity index (χ4n) is 2.24. The van der Waals surface area contributed by atoms with Crippen molar-refractivity contribution >= 4 is 23.0 Å². The van der Waals surface area contributed by atoms with Gasteiger partial charge in [-0.2, -0.15) is 0 Å².